The zero-order chi connectivity index (χ0) is 13.4. The van der Waals surface area contributed by atoms with Crippen LogP contribution in [0.2, 0.25) is 0 Å². The fourth-order valence-electron chi connectivity index (χ4n) is 2.10. The number of aromatic hydroxyl groups is 1. The number of hydrogen-bond acceptors (Lipinski definition) is 2. The Labute approximate surface area is 101 Å². The van der Waals surface area contributed by atoms with Gasteiger partial charge >= 0.3 is 5.97 Å². The third kappa shape index (κ3) is 2.27. The van der Waals surface area contributed by atoms with Gasteiger partial charge in [0.15, 0.2) is 17.4 Å². The first-order valence-electron chi connectivity index (χ1n) is 5.50. The van der Waals surface area contributed by atoms with Crippen LogP contribution in [0, 0.1) is 23.4 Å². The lowest BCUT2D eigenvalue weighted by atomic mass is 9.90. The van der Waals surface area contributed by atoms with E-state index in [1.165, 1.54) is 0 Å². The summed E-state index contributed by atoms with van der Waals surface area (Å²) in [6.45, 7) is 0. The van der Waals surface area contributed by atoms with Crippen LogP contribution in [0.3, 0.4) is 0 Å². The SMILES string of the molecule is O=C(O)CC(c1cc(F)c(F)c(F)c1O)C1CC1. The van der Waals surface area contributed by atoms with E-state index in [4.69, 9.17) is 5.11 Å². The average Bonchev–Trinajstić information content (AvgIpc) is 3.12. The summed E-state index contributed by atoms with van der Waals surface area (Å²) in [5, 5.41) is 18.3. The lowest BCUT2D eigenvalue weighted by molar-refractivity contribution is -0.137. The molecule has 0 bridgehead atoms. The number of carbonyl (C=O) groups is 1. The molecule has 0 aromatic heterocycles. The minimum atomic E-state index is -1.75. The van der Waals surface area contributed by atoms with Gasteiger partial charge < -0.3 is 10.2 Å². The van der Waals surface area contributed by atoms with E-state index in [1.807, 2.05) is 0 Å². The van der Waals surface area contributed by atoms with E-state index in [2.05, 4.69) is 0 Å². The van der Waals surface area contributed by atoms with Crippen LogP contribution in [-0.2, 0) is 4.79 Å². The van der Waals surface area contributed by atoms with Gasteiger partial charge in [-0.05, 0) is 24.8 Å². The highest BCUT2D eigenvalue weighted by molar-refractivity contribution is 5.68. The van der Waals surface area contributed by atoms with Gasteiger partial charge in [0.1, 0.15) is 0 Å². The number of benzene rings is 1. The van der Waals surface area contributed by atoms with E-state index in [0.717, 1.165) is 12.8 Å². The highest BCUT2D eigenvalue weighted by atomic mass is 19.2. The van der Waals surface area contributed by atoms with Crippen molar-refractivity contribution in [2.75, 3.05) is 0 Å². The largest absolute Gasteiger partial charge is 0.505 e. The molecule has 1 aromatic carbocycles. The van der Waals surface area contributed by atoms with Gasteiger partial charge in [-0.25, -0.2) is 8.78 Å². The predicted octanol–water partition coefficient (Wildman–Crippen LogP) is 2.78. The normalized spacial score (nSPS) is 16.6. The monoisotopic (exact) mass is 260 g/mol. The molecule has 0 heterocycles. The second-order valence-corrected chi connectivity index (χ2v) is 4.47. The van der Waals surface area contributed by atoms with Crippen LogP contribution < -0.4 is 0 Å². The van der Waals surface area contributed by atoms with Crippen molar-refractivity contribution in [2.24, 2.45) is 5.92 Å². The van der Waals surface area contributed by atoms with Gasteiger partial charge in [-0.2, -0.15) is 4.39 Å². The van der Waals surface area contributed by atoms with Crippen LogP contribution in [-0.4, -0.2) is 16.2 Å². The molecular formula is C12H11F3O3. The number of carboxylic acids is 1. The lowest BCUT2D eigenvalue weighted by Crippen LogP contribution is -2.10. The number of carboxylic acid groups (broad SMARTS) is 1. The highest BCUT2D eigenvalue weighted by Crippen LogP contribution is 2.47. The number of aliphatic carboxylic acids is 1. The lowest BCUT2D eigenvalue weighted by Gasteiger charge is -2.16. The second kappa shape index (κ2) is 4.51. The minimum absolute atomic E-state index is 0.0312. The van der Waals surface area contributed by atoms with Crippen molar-refractivity contribution in [1.29, 1.82) is 0 Å². The first-order chi connectivity index (χ1) is 8.41. The van der Waals surface area contributed by atoms with Crippen molar-refractivity contribution < 1.29 is 28.2 Å². The summed E-state index contributed by atoms with van der Waals surface area (Å²) in [7, 11) is 0. The standard InChI is InChI=1S/C12H11F3O3/c13-8-3-7(12(18)11(15)10(8)14)6(4-9(16)17)5-1-2-5/h3,5-6,18H,1-2,4H2,(H,16,17). The molecule has 0 aliphatic heterocycles. The number of phenolic OH excluding ortho intramolecular Hbond substituents is 1. The summed E-state index contributed by atoms with van der Waals surface area (Å²) < 4.78 is 39.2. The molecule has 1 aliphatic rings. The molecule has 3 nitrogen and oxygen atoms in total. The number of hydrogen-bond donors (Lipinski definition) is 2. The Morgan fingerprint density at radius 3 is 2.44 bits per heavy atom. The van der Waals surface area contributed by atoms with Gasteiger partial charge in [-0.3, -0.25) is 4.79 Å². The van der Waals surface area contributed by atoms with Crippen LogP contribution >= 0.6 is 0 Å². The molecule has 0 spiro atoms. The van der Waals surface area contributed by atoms with Gasteiger partial charge in [0.25, 0.3) is 0 Å². The summed E-state index contributed by atoms with van der Waals surface area (Å²) in [6.07, 6.45) is 1.12. The summed E-state index contributed by atoms with van der Waals surface area (Å²) in [6, 6.07) is 0.680. The number of phenols is 1. The van der Waals surface area contributed by atoms with E-state index in [1.54, 1.807) is 0 Å². The maximum Gasteiger partial charge on any atom is 0.303 e. The molecule has 1 aliphatic carbocycles. The molecule has 18 heavy (non-hydrogen) atoms. The van der Waals surface area contributed by atoms with Crippen LogP contribution in [0.25, 0.3) is 0 Å². The molecule has 0 radical (unpaired) electrons. The van der Waals surface area contributed by atoms with Crippen molar-refractivity contribution >= 4 is 5.97 Å². The predicted molar refractivity (Wildman–Crippen MR) is 55.7 cm³/mol. The van der Waals surface area contributed by atoms with Crippen molar-refractivity contribution in [3.05, 3.63) is 29.1 Å². The van der Waals surface area contributed by atoms with Gasteiger partial charge in [-0.1, -0.05) is 0 Å². The molecule has 1 aromatic rings. The van der Waals surface area contributed by atoms with Crippen LogP contribution in [0.1, 0.15) is 30.7 Å². The summed E-state index contributed by atoms with van der Waals surface area (Å²) in [4.78, 5) is 10.7. The third-order valence-electron chi connectivity index (χ3n) is 3.15. The molecule has 2 N–H and O–H groups in total. The van der Waals surface area contributed by atoms with Crippen molar-refractivity contribution in [2.45, 2.75) is 25.2 Å². The van der Waals surface area contributed by atoms with Gasteiger partial charge in [-0.15, -0.1) is 0 Å². The van der Waals surface area contributed by atoms with Crippen molar-refractivity contribution in [3.8, 4) is 5.75 Å². The Balaban J connectivity index is 2.44. The van der Waals surface area contributed by atoms with Gasteiger partial charge in [0, 0.05) is 11.5 Å². The molecule has 1 unspecified atom stereocenters. The first-order valence-corrected chi connectivity index (χ1v) is 5.50. The van der Waals surface area contributed by atoms with Crippen LogP contribution in [0.15, 0.2) is 6.07 Å². The molecule has 1 atom stereocenters. The summed E-state index contributed by atoms with van der Waals surface area (Å²) in [5.74, 6) is -7.68. The van der Waals surface area contributed by atoms with E-state index in [9.17, 15) is 23.1 Å². The van der Waals surface area contributed by atoms with E-state index in [0.29, 0.717) is 6.07 Å². The molecule has 2 rings (SSSR count). The van der Waals surface area contributed by atoms with Crippen LogP contribution in [0.5, 0.6) is 5.75 Å². The Bertz CT molecular complexity index is 498. The first kappa shape index (κ1) is 12.7. The summed E-state index contributed by atoms with van der Waals surface area (Å²) >= 11 is 0. The Kier molecular flexibility index (Phi) is 3.19. The van der Waals surface area contributed by atoms with Crippen molar-refractivity contribution in [3.63, 3.8) is 0 Å². The molecule has 98 valence electrons. The fraction of sp³-hybridized carbons (Fsp3) is 0.417. The maximum absolute atomic E-state index is 13.2. The number of halogens is 3. The number of rotatable bonds is 4. The van der Waals surface area contributed by atoms with E-state index >= 15 is 0 Å². The van der Waals surface area contributed by atoms with Gasteiger partial charge in [0.05, 0.1) is 6.42 Å². The third-order valence-corrected chi connectivity index (χ3v) is 3.15. The van der Waals surface area contributed by atoms with E-state index in [-0.39, 0.29) is 17.9 Å². The minimum Gasteiger partial charge on any atom is -0.505 e. The molecule has 0 saturated heterocycles. The zero-order valence-electron chi connectivity index (χ0n) is 9.29. The van der Waals surface area contributed by atoms with E-state index < -0.39 is 35.1 Å². The fourth-order valence-corrected chi connectivity index (χ4v) is 2.10. The molecule has 0 amide bonds. The van der Waals surface area contributed by atoms with Crippen LogP contribution in [0.4, 0.5) is 13.2 Å². The Hall–Kier alpha value is -1.72. The molecule has 1 saturated carbocycles. The highest BCUT2D eigenvalue weighted by Gasteiger charge is 2.36. The average molecular weight is 260 g/mol. The van der Waals surface area contributed by atoms with Crippen molar-refractivity contribution in [1.82, 2.24) is 0 Å². The zero-order valence-corrected chi connectivity index (χ0v) is 9.29. The maximum atomic E-state index is 13.2. The quantitative estimate of drug-likeness (QED) is 0.818. The second-order valence-electron chi connectivity index (χ2n) is 4.47. The topological polar surface area (TPSA) is 57.5 Å². The molecule has 6 heteroatoms. The smallest absolute Gasteiger partial charge is 0.303 e. The van der Waals surface area contributed by atoms with Gasteiger partial charge in [0.2, 0.25) is 5.82 Å². The summed E-state index contributed by atoms with van der Waals surface area (Å²) in [5.41, 5.74) is -0.170. The molecular weight excluding hydrogens is 249 g/mol. The molecule has 1 fully saturated rings. The Morgan fingerprint density at radius 1 is 1.33 bits per heavy atom. The Morgan fingerprint density at radius 2 is 1.94 bits per heavy atom.